The van der Waals surface area contributed by atoms with Crippen molar-refractivity contribution in [1.29, 1.82) is 0 Å². The summed E-state index contributed by atoms with van der Waals surface area (Å²) in [6, 6.07) is 9.63. The third-order valence-corrected chi connectivity index (χ3v) is 6.12. The van der Waals surface area contributed by atoms with Crippen molar-refractivity contribution in [1.82, 2.24) is 0 Å². The van der Waals surface area contributed by atoms with Gasteiger partial charge >= 0.3 is 6.18 Å². The van der Waals surface area contributed by atoms with E-state index in [2.05, 4.69) is 23.6 Å². The van der Waals surface area contributed by atoms with Gasteiger partial charge in [-0.05, 0) is 36.2 Å². The summed E-state index contributed by atoms with van der Waals surface area (Å²) in [6.07, 6.45) is 3.42. The molecule has 2 aromatic rings. The Balaban J connectivity index is 0.00000385. The zero-order valence-corrected chi connectivity index (χ0v) is 20.4. The van der Waals surface area contributed by atoms with Crippen LogP contribution in [0.25, 0.3) is 0 Å². The van der Waals surface area contributed by atoms with Crippen molar-refractivity contribution in [2.45, 2.75) is 64.6 Å². The van der Waals surface area contributed by atoms with Crippen LogP contribution in [0.5, 0.6) is 11.5 Å². The Morgan fingerprint density at radius 3 is 2.15 bits per heavy atom. The maximum Gasteiger partial charge on any atom is 0.416 e. The lowest BCUT2D eigenvalue weighted by molar-refractivity contribution is -0.545. The lowest BCUT2D eigenvalue weighted by atomic mass is 9.92. The van der Waals surface area contributed by atoms with Crippen LogP contribution < -0.4 is 21.9 Å². The zero-order chi connectivity index (χ0) is 23.1. The smallest absolute Gasteiger partial charge is 0.416 e. The fourth-order valence-corrected chi connectivity index (χ4v) is 4.34. The van der Waals surface area contributed by atoms with Crippen molar-refractivity contribution in [2.75, 3.05) is 20.8 Å². The molecule has 0 bridgehead atoms. The quantitative estimate of drug-likeness (QED) is 0.380. The van der Waals surface area contributed by atoms with Crippen LogP contribution in [0.4, 0.5) is 13.2 Å². The van der Waals surface area contributed by atoms with Crippen LogP contribution in [0.2, 0.25) is 0 Å². The number of benzene rings is 2. The van der Waals surface area contributed by atoms with Crippen LogP contribution >= 0.6 is 0 Å². The molecule has 182 valence electrons. The highest BCUT2D eigenvalue weighted by Gasteiger charge is 2.31. The van der Waals surface area contributed by atoms with Crippen LogP contribution in [0.15, 0.2) is 36.4 Å². The van der Waals surface area contributed by atoms with Crippen molar-refractivity contribution < 1.29 is 39.6 Å². The van der Waals surface area contributed by atoms with Crippen LogP contribution in [0, 0.1) is 0 Å². The molecule has 33 heavy (non-hydrogen) atoms. The van der Waals surface area contributed by atoms with E-state index in [1.165, 1.54) is 49.1 Å². The first-order chi connectivity index (χ1) is 15.4. The molecule has 0 amide bonds. The van der Waals surface area contributed by atoms with Gasteiger partial charge in [-0.1, -0.05) is 44.7 Å². The second kappa shape index (κ2) is 12.3. The molecule has 1 heterocycles. The molecule has 0 saturated heterocycles. The minimum absolute atomic E-state index is 0. The maximum atomic E-state index is 12.9. The second-order valence-corrected chi connectivity index (χ2v) is 8.34. The number of methoxy groups -OCH3 is 2. The van der Waals surface area contributed by atoms with E-state index in [0.29, 0.717) is 12.3 Å². The minimum Gasteiger partial charge on any atom is -1.00 e. The number of fused-ring (bicyclic) bond motifs is 1. The molecule has 0 aliphatic carbocycles. The SMILES string of the molecule is CCCCCCCC1=[N+](Cc2ccc(C(F)(F)F)cc2)CCc2cc(OC)c(OC)cc21.[Cl-]. The van der Waals surface area contributed by atoms with Crippen LogP contribution in [-0.4, -0.2) is 31.1 Å². The molecule has 2 aromatic carbocycles. The summed E-state index contributed by atoms with van der Waals surface area (Å²) in [5, 5.41) is 0. The number of unbranched alkanes of at least 4 members (excludes halogenated alkanes) is 4. The van der Waals surface area contributed by atoms with E-state index in [1.807, 2.05) is 0 Å². The third kappa shape index (κ3) is 6.89. The highest BCUT2D eigenvalue weighted by molar-refractivity contribution is 5.99. The van der Waals surface area contributed by atoms with E-state index in [1.54, 1.807) is 26.4 Å². The molecule has 0 radical (unpaired) electrons. The Labute approximate surface area is 201 Å². The molecule has 3 rings (SSSR count). The van der Waals surface area contributed by atoms with Gasteiger partial charge in [-0.25, -0.2) is 4.58 Å². The summed E-state index contributed by atoms with van der Waals surface area (Å²) in [5.74, 6) is 1.43. The Bertz CT molecular complexity index is 940. The topological polar surface area (TPSA) is 21.5 Å². The lowest BCUT2D eigenvalue weighted by Crippen LogP contribution is -3.00. The molecule has 0 fully saturated rings. The van der Waals surface area contributed by atoms with E-state index >= 15 is 0 Å². The van der Waals surface area contributed by atoms with Crippen molar-refractivity contribution >= 4 is 5.71 Å². The number of rotatable bonds is 10. The normalized spacial score (nSPS) is 13.4. The molecular formula is C26H33ClF3NO2. The summed E-state index contributed by atoms with van der Waals surface area (Å²) in [4.78, 5) is 0. The van der Waals surface area contributed by atoms with Crippen molar-refractivity contribution in [3.05, 3.63) is 58.7 Å². The average molecular weight is 484 g/mol. The van der Waals surface area contributed by atoms with Gasteiger partial charge in [0, 0.05) is 24.0 Å². The molecule has 0 N–H and O–H groups in total. The monoisotopic (exact) mass is 483 g/mol. The highest BCUT2D eigenvalue weighted by Crippen LogP contribution is 2.34. The minimum atomic E-state index is -4.31. The van der Waals surface area contributed by atoms with Gasteiger partial charge in [0.25, 0.3) is 0 Å². The lowest BCUT2D eigenvalue weighted by Gasteiger charge is -2.21. The Hall–Kier alpha value is -2.21. The summed E-state index contributed by atoms with van der Waals surface area (Å²) in [5.41, 5.74) is 3.90. The van der Waals surface area contributed by atoms with E-state index in [-0.39, 0.29) is 12.4 Å². The van der Waals surface area contributed by atoms with Gasteiger partial charge in [0.2, 0.25) is 0 Å². The molecule has 1 aliphatic heterocycles. The molecule has 7 heteroatoms. The first-order valence-corrected chi connectivity index (χ1v) is 11.4. The highest BCUT2D eigenvalue weighted by atomic mass is 35.5. The van der Waals surface area contributed by atoms with Gasteiger partial charge in [-0.15, -0.1) is 0 Å². The van der Waals surface area contributed by atoms with Crippen LogP contribution in [0.3, 0.4) is 0 Å². The molecular weight excluding hydrogens is 451 g/mol. The fourth-order valence-electron chi connectivity index (χ4n) is 4.34. The van der Waals surface area contributed by atoms with Crippen LogP contribution in [-0.2, 0) is 19.1 Å². The number of ether oxygens (including phenoxy) is 2. The van der Waals surface area contributed by atoms with Gasteiger partial charge in [0.1, 0.15) is 6.54 Å². The summed E-state index contributed by atoms with van der Waals surface area (Å²) in [6.45, 7) is 3.63. The summed E-state index contributed by atoms with van der Waals surface area (Å²) < 4.78 is 52.1. The van der Waals surface area contributed by atoms with Gasteiger partial charge in [-0.3, -0.25) is 0 Å². The largest absolute Gasteiger partial charge is 1.00 e. The van der Waals surface area contributed by atoms with Gasteiger partial charge in [0.05, 0.1) is 19.8 Å². The van der Waals surface area contributed by atoms with Crippen LogP contribution in [0.1, 0.15) is 67.7 Å². The molecule has 1 aliphatic rings. The molecule has 0 atom stereocenters. The Morgan fingerprint density at radius 1 is 0.909 bits per heavy atom. The number of alkyl halides is 3. The number of hydrogen-bond acceptors (Lipinski definition) is 2. The van der Waals surface area contributed by atoms with Gasteiger partial charge < -0.3 is 21.9 Å². The molecule has 0 unspecified atom stereocenters. The molecule has 0 saturated carbocycles. The molecule has 0 spiro atoms. The molecule has 0 aromatic heterocycles. The predicted molar refractivity (Wildman–Crippen MR) is 121 cm³/mol. The molecule has 3 nitrogen and oxygen atoms in total. The van der Waals surface area contributed by atoms with E-state index < -0.39 is 11.7 Å². The Kier molecular flexibility index (Phi) is 10.1. The first-order valence-electron chi connectivity index (χ1n) is 11.4. The average Bonchev–Trinajstić information content (AvgIpc) is 2.78. The zero-order valence-electron chi connectivity index (χ0n) is 19.6. The van der Waals surface area contributed by atoms with Gasteiger partial charge in [-0.2, -0.15) is 13.2 Å². The summed E-state index contributed by atoms with van der Waals surface area (Å²) in [7, 11) is 3.28. The second-order valence-electron chi connectivity index (χ2n) is 8.34. The van der Waals surface area contributed by atoms with Gasteiger partial charge in [0.15, 0.2) is 23.8 Å². The summed E-state index contributed by atoms with van der Waals surface area (Å²) >= 11 is 0. The van der Waals surface area contributed by atoms with E-state index in [9.17, 15) is 13.2 Å². The number of nitrogens with zero attached hydrogens (tertiary/aromatic N) is 1. The van der Waals surface area contributed by atoms with E-state index in [0.717, 1.165) is 42.7 Å². The fraction of sp³-hybridized carbons (Fsp3) is 0.500. The third-order valence-electron chi connectivity index (χ3n) is 6.12. The number of halogens is 4. The van der Waals surface area contributed by atoms with Crippen molar-refractivity contribution in [2.24, 2.45) is 0 Å². The van der Waals surface area contributed by atoms with Crippen molar-refractivity contribution in [3.8, 4) is 11.5 Å². The number of hydrogen-bond donors (Lipinski definition) is 0. The van der Waals surface area contributed by atoms with E-state index in [4.69, 9.17) is 9.47 Å². The Morgan fingerprint density at radius 2 is 1.55 bits per heavy atom. The maximum absolute atomic E-state index is 12.9. The standard InChI is InChI=1S/C26H33F3NO2.ClH/c1-4-5-6-7-8-9-23-22-17-25(32-3)24(31-2)16-20(22)14-15-30(23)18-19-10-12-21(13-11-19)26(27,28)29;/h10-13,16-17H,4-9,14-15,18H2,1-3H3;1H/q+1;/p-1. The first kappa shape index (κ1) is 27.0. The predicted octanol–water partition coefficient (Wildman–Crippen LogP) is 3.65. The van der Waals surface area contributed by atoms with Crippen molar-refractivity contribution in [3.63, 3.8) is 0 Å².